The van der Waals surface area contributed by atoms with Gasteiger partial charge in [-0.05, 0) is 86.9 Å². The van der Waals surface area contributed by atoms with E-state index >= 15 is 0 Å². The first-order chi connectivity index (χ1) is 12.4. The van der Waals surface area contributed by atoms with E-state index in [-0.39, 0.29) is 22.9 Å². The SMILES string of the molecule is CCOC(=O)/C=C1/CC[C@H]2[C@@H]3CC=C4C[C@@H](O)CC[C@]4(C)[C@H]3CC[C@]12C. The number of aliphatic hydroxyl groups is 1. The highest BCUT2D eigenvalue weighted by Gasteiger charge is 2.57. The van der Waals surface area contributed by atoms with Crippen LogP contribution >= 0.6 is 0 Å². The number of fused-ring (bicyclic) bond motifs is 5. The van der Waals surface area contributed by atoms with Gasteiger partial charge in [-0.2, -0.15) is 0 Å². The van der Waals surface area contributed by atoms with E-state index in [0.29, 0.717) is 12.5 Å². The molecule has 0 spiro atoms. The minimum atomic E-state index is -0.162. The summed E-state index contributed by atoms with van der Waals surface area (Å²) in [4.78, 5) is 12.0. The average Bonchev–Trinajstić information content (AvgIpc) is 2.92. The lowest BCUT2D eigenvalue weighted by atomic mass is 9.48. The summed E-state index contributed by atoms with van der Waals surface area (Å²) in [7, 11) is 0. The van der Waals surface area contributed by atoms with Gasteiger partial charge in [0.25, 0.3) is 0 Å². The van der Waals surface area contributed by atoms with Crippen molar-refractivity contribution in [3.8, 4) is 0 Å². The largest absolute Gasteiger partial charge is 0.463 e. The summed E-state index contributed by atoms with van der Waals surface area (Å²) in [6.45, 7) is 7.19. The molecule has 0 aromatic heterocycles. The van der Waals surface area contributed by atoms with Gasteiger partial charge >= 0.3 is 5.97 Å². The van der Waals surface area contributed by atoms with E-state index in [0.717, 1.165) is 43.9 Å². The molecule has 3 saturated carbocycles. The highest BCUT2D eigenvalue weighted by atomic mass is 16.5. The number of allylic oxidation sites excluding steroid dienone is 2. The van der Waals surface area contributed by atoms with Gasteiger partial charge in [0.15, 0.2) is 0 Å². The van der Waals surface area contributed by atoms with Crippen molar-refractivity contribution in [3.05, 3.63) is 23.3 Å². The van der Waals surface area contributed by atoms with Crippen molar-refractivity contribution >= 4 is 5.97 Å². The molecule has 4 aliphatic rings. The first-order valence-corrected chi connectivity index (χ1v) is 10.6. The highest BCUT2D eigenvalue weighted by molar-refractivity contribution is 5.83. The second-order valence-corrected chi connectivity index (χ2v) is 9.57. The first-order valence-electron chi connectivity index (χ1n) is 10.6. The third-order valence-electron chi connectivity index (χ3n) is 8.50. The maximum atomic E-state index is 12.0. The van der Waals surface area contributed by atoms with Crippen LogP contribution in [0.15, 0.2) is 23.3 Å². The molecule has 0 saturated heterocycles. The Bertz CT molecular complexity index is 648. The Balaban J connectivity index is 1.61. The Morgan fingerprint density at radius 2 is 1.96 bits per heavy atom. The summed E-state index contributed by atoms with van der Waals surface area (Å²) in [6.07, 6.45) is 13.0. The average molecular weight is 359 g/mol. The molecule has 0 radical (unpaired) electrons. The van der Waals surface area contributed by atoms with Gasteiger partial charge in [0, 0.05) is 6.08 Å². The van der Waals surface area contributed by atoms with Gasteiger partial charge in [-0.25, -0.2) is 4.79 Å². The van der Waals surface area contributed by atoms with Gasteiger partial charge in [0.1, 0.15) is 0 Å². The molecular weight excluding hydrogens is 324 g/mol. The van der Waals surface area contributed by atoms with Gasteiger partial charge in [0.2, 0.25) is 0 Å². The summed E-state index contributed by atoms with van der Waals surface area (Å²) < 4.78 is 5.18. The zero-order valence-corrected chi connectivity index (χ0v) is 16.6. The molecule has 6 atom stereocenters. The van der Waals surface area contributed by atoms with Gasteiger partial charge in [-0.1, -0.05) is 31.1 Å². The van der Waals surface area contributed by atoms with Crippen LogP contribution in [0.25, 0.3) is 0 Å². The third kappa shape index (κ3) is 2.69. The smallest absolute Gasteiger partial charge is 0.330 e. The topological polar surface area (TPSA) is 46.5 Å². The second-order valence-electron chi connectivity index (χ2n) is 9.57. The van der Waals surface area contributed by atoms with E-state index < -0.39 is 0 Å². The molecule has 0 aromatic rings. The van der Waals surface area contributed by atoms with E-state index in [1.807, 2.05) is 13.0 Å². The fraction of sp³-hybridized carbons (Fsp3) is 0.783. The number of hydrogen-bond acceptors (Lipinski definition) is 3. The standard InChI is InChI=1S/C23H34O3/c1-4-26-21(25)14-16-6-8-19-18-7-5-15-13-17(24)9-11-22(15,2)20(18)10-12-23(16,19)3/h5,14,17-20,24H,4,6-13H2,1-3H3/b16-14-/t17-,18-,19-,20-,22-,23+/m0/s1. The Hall–Kier alpha value is -1.09. The predicted molar refractivity (Wildman–Crippen MR) is 102 cm³/mol. The number of ether oxygens (including phenoxy) is 1. The van der Waals surface area contributed by atoms with E-state index in [9.17, 15) is 9.90 Å². The molecule has 0 aliphatic heterocycles. The third-order valence-corrected chi connectivity index (χ3v) is 8.50. The van der Waals surface area contributed by atoms with Crippen LogP contribution in [0.5, 0.6) is 0 Å². The van der Waals surface area contributed by atoms with Crippen LogP contribution in [-0.4, -0.2) is 23.8 Å². The van der Waals surface area contributed by atoms with Crippen LogP contribution in [-0.2, 0) is 9.53 Å². The summed E-state index contributed by atoms with van der Waals surface area (Å²) >= 11 is 0. The van der Waals surface area contributed by atoms with Crippen LogP contribution in [0.3, 0.4) is 0 Å². The van der Waals surface area contributed by atoms with Crippen molar-refractivity contribution in [1.82, 2.24) is 0 Å². The quantitative estimate of drug-likeness (QED) is 0.438. The normalized spacial score (nSPS) is 46.2. The minimum Gasteiger partial charge on any atom is -0.463 e. The fourth-order valence-electron chi connectivity index (χ4n) is 7.05. The number of rotatable bonds is 2. The zero-order chi connectivity index (χ0) is 18.5. The number of carbonyl (C=O) groups excluding carboxylic acids is 1. The van der Waals surface area contributed by atoms with Crippen LogP contribution in [0.1, 0.15) is 72.1 Å². The van der Waals surface area contributed by atoms with Gasteiger partial charge in [-0.15, -0.1) is 0 Å². The fourth-order valence-corrected chi connectivity index (χ4v) is 7.05. The lowest BCUT2D eigenvalue weighted by Gasteiger charge is -2.57. The molecule has 0 bridgehead atoms. The van der Waals surface area contributed by atoms with Crippen molar-refractivity contribution in [2.45, 2.75) is 78.2 Å². The monoisotopic (exact) mass is 358 g/mol. The highest BCUT2D eigenvalue weighted by Crippen LogP contribution is 2.66. The van der Waals surface area contributed by atoms with Crippen LogP contribution in [0.4, 0.5) is 0 Å². The van der Waals surface area contributed by atoms with E-state index in [4.69, 9.17) is 4.74 Å². The Morgan fingerprint density at radius 1 is 1.23 bits per heavy atom. The van der Waals surface area contributed by atoms with E-state index in [1.165, 1.54) is 30.4 Å². The molecule has 3 nitrogen and oxygen atoms in total. The molecule has 0 heterocycles. The number of hydrogen-bond donors (Lipinski definition) is 1. The molecule has 3 fully saturated rings. The number of esters is 1. The Labute approximate surface area is 157 Å². The molecule has 3 heteroatoms. The van der Waals surface area contributed by atoms with Crippen molar-refractivity contribution in [2.75, 3.05) is 6.61 Å². The minimum absolute atomic E-state index is 0.134. The zero-order valence-electron chi connectivity index (χ0n) is 16.6. The van der Waals surface area contributed by atoms with Crippen molar-refractivity contribution < 1.29 is 14.6 Å². The first kappa shape index (κ1) is 18.3. The lowest BCUT2D eigenvalue weighted by Crippen LogP contribution is -2.49. The number of aliphatic hydroxyl groups excluding tert-OH is 1. The van der Waals surface area contributed by atoms with Crippen molar-refractivity contribution in [3.63, 3.8) is 0 Å². The summed E-state index contributed by atoms with van der Waals surface area (Å²) in [6, 6.07) is 0. The molecule has 1 N–H and O–H groups in total. The summed E-state index contributed by atoms with van der Waals surface area (Å²) in [5.74, 6) is 2.00. The molecule has 26 heavy (non-hydrogen) atoms. The predicted octanol–water partition coefficient (Wildman–Crippen LogP) is 4.80. The molecular formula is C23H34O3. The Kier molecular flexibility index (Phi) is 4.58. The van der Waals surface area contributed by atoms with Gasteiger partial charge < -0.3 is 9.84 Å². The molecule has 0 amide bonds. The molecule has 144 valence electrons. The molecule has 4 rings (SSSR count). The Morgan fingerprint density at radius 3 is 2.73 bits per heavy atom. The molecule has 0 aromatic carbocycles. The lowest BCUT2D eigenvalue weighted by molar-refractivity contribution is -0.137. The van der Waals surface area contributed by atoms with Crippen LogP contribution < -0.4 is 0 Å². The molecule has 4 aliphatic carbocycles. The van der Waals surface area contributed by atoms with Crippen LogP contribution in [0.2, 0.25) is 0 Å². The van der Waals surface area contributed by atoms with Crippen molar-refractivity contribution in [2.24, 2.45) is 28.6 Å². The van der Waals surface area contributed by atoms with Gasteiger partial charge in [0.05, 0.1) is 12.7 Å². The second kappa shape index (κ2) is 6.51. The number of carbonyl (C=O) groups is 1. The maximum absolute atomic E-state index is 12.0. The van der Waals surface area contributed by atoms with Crippen molar-refractivity contribution in [1.29, 1.82) is 0 Å². The molecule has 0 unspecified atom stereocenters. The maximum Gasteiger partial charge on any atom is 0.330 e. The van der Waals surface area contributed by atoms with E-state index in [1.54, 1.807) is 0 Å². The summed E-state index contributed by atoms with van der Waals surface area (Å²) in [5, 5.41) is 10.1. The van der Waals surface area contributed by atoms with Gasteiger partial charge in [-0.3, -0.25) is 0 Å². The summed E-state index contributed by atoms with van der Waals surface area (Å²) in [5.41, 5.74) is 3.32. The van der Waals surface area contributed by atoms with Crippen LogP contribution in [0, 0.1) is 28.6 Å². The van der Waals surface area contributed by atoms with E-state index in [2.05, 4.69) is 19.9 Å².